The first-order chi connectivity index (χ1) is 16.8. The lowest BCUT2D eigenvalue weighted by Crippen LogP contribution is -2.54. The molecule has 4 nitrogen and oxygen atoms in total. The molecule has 2 heterocycles. The summed E-state index contributed by atoms with van der Waals surface area (Å²) in [5.74, 6) is -3.75. The highest BCUT2D eigenvalue weighted by molar-refractivity contribution is 5.80. The van der Waals surface area contributed by atoms with Gasteiger partial charge in [0.25, 0.3) is 0 Å². The highest BCUT2D eigenvalue weighted by atomic mass is 19.2. The second kappa shape index (κ2) is 9.04. The molecule has 0 spiro atoms. The first-order valence-electron chi connectivity index (χ1n) is 12.0. The molecule has 0 aliphatic carbocycles. The molecule has 3 aromatic carbocycles. The van der Waals surface area contributed by atoms with Gasteiger partial charge in [0.05, 0.1) is 26.7 Å². The molecule has 0 aromatic heterocycles. The summed E-state index contributed by atoms with van der Waals surface area (Å²) >= 11 is 0. The zero-order chi connectivity index (χ0) is 24.6. The summed E-state index contributed by atoms with van der Waals surface area (Å²) in [6.07, 6.45) is 1.55. The lowest BCUT2D eigenvalue weighted by molar-refractivity contribution is -0.927. The minimum atomic E-state index is -1.43. The van der Waals surface area contributed by atoms with Crippen molar-refractivity contribution in [3.05, 3.63) is 107 Å². The van der Waals surface area contributed by atoms with Gasteiger partial charge in [-0.15, -0.1) is 0 Å². The van der Waals surface area contributed by atoms with Gasteiger partial charge in [-0.3, -0.25) is 0 Å². The van der Waals surface area contributed by atoms with Crippen LogP contribution in [0.4, 0.5) is 18.0 Å². The zero-order valence-electron chi connectivity index (χ0n) is 19.7. The smallest absolute Gasteiger partial charge is 0.318 e. The number of urea groups is 1. The Morgan fingerprint density at radius 3 is 1.94 bits per heavy atom. The standard InChI is InChI=1S/C28H28F3N3O/c1-34(18-20-16-24(29)26(31)25(30)17-20)14-12-23(13-15-34)33-19-28(32-27(33)35,21-8-4-2-5-9-21)22-10-6-3-7-11-22/h2-11,16-17,23H,12-15,18-19H2,1H3/p+1. The minimum Gasteiger partial charge on any atom is -0.323 e. The Bertz CT molecular complexity index is 1150. The van der Waals surface area contributed by atoms with Crippen LogP contribution in [-0.2, 0) is 12.1 Å². The summed E-state index contributed by atoms with van der Waals surface area (Å²) < 4.78 is 41.4. The van der Waals surface area contributed by atoms with Gasteiger partial charge in [-0.1, -0.05) is 60.7 Å². The van der Waals surface area contributed by atoms with E-state index in [1.54, 1.807) is 0 Å². The molecule has 35 heavy (non-hydrogen) atoms. The van der Waals surface area contributed by atoms with Crippen LogP contribution in [0.15, 0.2) is 72.8 Å². The monoisotopic (exact) mass is 480 g/mol. The highest BCUT2D eigenvalue weighted by Crippen LogP contribution is 2.37. The molecule has 2 aliphatic heterocycles. The summed E-state index contributed by atoms with van der Waals surface area (Å²) in [5, 5.41) is 3.29. The Balaban J connectivity index is 1.33. The average Bonchev–Trinajstić information content (AvgIpc) is 3.22. The Labute approximate surface area is 203 Å². The predicted octanol–water partition coefficient (Wildman–Crippen LogP) is 5.18. The first-order valence-corrected chi connectivity index (χ1v) is 12.0. The van der Waals surface area contributed by atoms with Gasteiger partial charge in [0, 0.05) is 24.4 Å². The van der Waals surface area contributed by atoms with Gasteiger partial charge in [-0.05, 0) is 23.3 Å². The number of quaternary nitrogens is 1. The third-order valence-corrected chi connectivity index (χ3v) is 7.57. The largest absolute Gasteiger partial charge is 0.323 e. The van der Waals surface area contributed by atoms with Gasteiger partial charge in [-0.2, -0.15) is 0 Å². The van der Waals surface area contributed by atoms with E-state index in [-0.39, 0.29) is 12.1 Å². The number of hydrogen-bond donors (Lipinski definition) is 1. The fraction of sp³-hybridized carbons (Fsp3) is 0.321. The van der Waals surface area contributed by atoms with E-state index in [1.165, 1.54) is 0 Å². The van der Waals surface area contributed by atoms with E-state index in [4.69, 9.17) is 0 Å². The lowest BCUT2D eigenvalue weighted by Gasteiger charge is -2.43. The van der Waals surface area contributed by atoms with E-state index < -0.39 is 23.0 Å². The zero-order valence-corrected chi connectivity index (χ0v) is 19.7. The normalized spacial score (nSPS) is 23.8. The van der Waals surface area contributed by atoms with E-state index >= 15 is 0 Å². The molecule has 3 aromatic rings. The predicted molar refractivity (Wildman–Crippen MR) is 128 cm³/mol. The number of carbonyl (C=O) groups excluding carboxylic acids is 1. The Hall–Kier alpha value is -3.32. The van der Waals surface area contributed by atoms with E-state index in [0.29, 0.717) is 23.1 Å². The molecule has 0 saturated carbocycles. The number of carbonyl (C=O) groups is 1. The molecule has 2 amide bonds. The van der Waals surface area contributed by atoms with Crippen LogP contribution < -0.4 is 5.32 Å². The maximum absolute atomic E-state index is 13.7. The number of nitrogens with zero attached hydrogens (tertiary/aromatic N) is 2. The van der Waals surface area contributed by atoms with Gasteiger partial charge < -0.3 is 14.7 Å². The molecule has 0 atom stereocenters. The topological polar surface area (TPSA) is 32.3 Å². The van der Waals surface area contributed by atoms with Crippen LogP contribution in [0.3, 0.4) is 0 Å². The van der Waals surface area contributed by atoms with Crippen molar-refractivity contribution in [2.75, 3.05) is 26.7 Å². The SMILES string of the molecule is C[N+]1(Cc2cc(F)c(F)c(F)c2)CCC(N2CC(c3ccccc3)(c3ccccc3)NC2=O)CC1. The molecule has 7 heteroatoms. The molecule has 2 saturated heterocycles. The maximum atomic E-state index is 13.7. The van der Waals surface area contributed by atoms with Crippen molar-refractivity contribution in [3.8, 4) is 0 Å². The third kappa shape index (κ3) is 4.41. The number of rotatable bonds is 5. The number of benzene rings is 3. The molecule has 0 unspecified atom stereocenters. The molecule has 2 fully saturated rings. The van der Waals surface area contributed by atoms with Crippen molar-refractivity contribution in [2.45, 2.75) is 31.0 Å². The van der Waals surface area contributed by atoms with E-state index in [9.17, 15) is 18.0 Å². The number of likely N-dealkylation sites (tertiary alicyclic amines) is 1. The quantitative estimate of drug-likeness (QED) is 0.396. The summed E-state index contributed by atoms with van der Waals surface area (Å²) in [7, 11) is 2.04. The van der Waals surface area contributed by atoms with Gasteiger partial charge in [0.1, 0.15) is 12.1 Å². The molecule has 2 aliphatic rings. The number of piperidine rings is 1. The van der Waals surface area contributed by atoms with Crippen LogP contribution >= 0.6 is 0 Å². The van der Waals surface area contributed by atoms with Crippen molar-refractivity contribution in [3.63, 3.8) is 0 Å². The minimum absolute atomic E-state index is 0.0668. The second-order valence-corrected chi connectivity index (χ2v) is 10.0. The van der Waals surface area contributed by atoms with Crippen molar-refractivity contribution < 1.29 is 22.4 Å². The summed E-state index contributed by atoms with van der Waals surface area (Å²) in [6.45, 7) is 2.44. The molecule has 182 valence electrons. The van der Waals surface area contributed by atoms with Crippen LogP contribution in [0, 0.1) is 17.5 Å². The van der Waals surface area contributed by atoms with Gasteiger partial charge in [0.15, 0.2) is 17.5 Å². The maximum Gasteiger partial charge on any atom is 0.318 e. The van der Waals surface area contributed by atoms with Crippen molar-refractivity contribution in [1.82, 2.24) is 10.2 Å². The molecule has 0 radical (unpaired) electrons. The molecular weight excluding hydrogens is 451 g/mol. The molecule has 1 N–H and O–H groups in total. The summed E-state index contributed by atoms with van der Waals surface area (Å²) in [4.78, 5) is 15.2. The van der Waals surface area contributed by atoms with Crippen molar-refractivity contribution >= 4 is 6.03 Å². The Morgan fingerprint density at radius 1 is 0.914 bits per heavy atom. The van der Waals surface area contributed by atoms with E-state index in [1.807, 2.05) is 72.6 Å². The number of amides is 2. The number of halogens is 3. The molecule has 0 bridgehead atoms. The van der Waals surface area contributed by atoms with Crippen molar-refractivity contribution in [2.24, 2.45) is 0 Å². The van der Waals surface area contributed by atoms with Crippen LogP contribution in [0.25, 0.3) is 0 Å². The molecular formula is C28H29F3N3O+. The van der Waals surface area contributed by atoms with Gasteiger partial charge in [0.2, 0.25) is 0 Å². The van der Waals surface area contributed by atoms with Crippen LogP contribution in [0.1, 0.15) is 29.5 Å². The van der Waals surface area contributed by atoms with Gasteiger partial charge >= 0.3 is 6.03 Å². The lowest BCUT2D eigenvalue weighted by atomic mass is 9.83. The summed E-state index contributed by atoms with van der Waals surface area (Å²) in [5.41, 5.74) is 1.89. The Kier molecular flexibility index (Phi) is 6.05. The second-order valence-electron chi connectivity index (χ2n) is 10.0. The van der Waals surface area contributed by atoms with Crippen LogP contribution in [0.2, 0.25) is 0 Å². The third-order valence-electron chi connectivity index (χ3n) is 7.57. The van der Waals surface area contributed by atoms with Crippen molar-refractivity contribution in [1.29, 1.82) is 0 Å². The van der Waals surface area contributed by atoms with E-state index in [2.05, 4.69) is 5.32 Å². The molecule has 5 rings (SSSR count). The van der Waals surface area contributed by atoms with Crippen LogP contribution in [0.5, 0.6) is 0 Å². The van der Waals surface area contributed by atoms with Gasteiger partial charge in [-0.25, -0.2) is 18.0 Å². The summed E-state index contributed by atoms with van der Waals surface area (Å²) in [6, 6.07) is 22.2. The highest BCUT2D eigenvalue weighted by Gasteiger charge is 2.48. The van der Waals surface area contributed by atoms with E-state index in [0.717, 1.165) is 49.2 Å². The Morgan fingerprint density at radius 2 is 1.43 bits per heavy atom. The van der Waals surface area contributed by atoms with Crippen LogP contribution in [-0.4, -0.2) is 48.1 Å². The first kappa shape index (κ1) is 23.4. The fourth-order valence-corrected chi connectivity index (χ4v) is 5.64. The number of nitrogens with one attached hydrogen (secondary N) is 1. The fourth-order valence-electron chi connectivity index (χ4n) is 5.64. The average molecular weight is 481 g/mol. The number of hydrogen-bond acceptors (Lipinski definition) is 1.